The van der Waals surface area contributed by atoms with Crippen molar-refractivity contribution < 1.29 is 63.9 Å². The smallest absolute Gasteiger partial charge is 0.387 e. The van der Waals surface area contributed by atoms with Crippen LogP contribution in [0.5, 0.6) is 0 Å². The number of hydrogen-bond donors (Lipinski definition) is 5. The second kappa shape index (κ2) is 14.1. The largest absolute Gasteiger partial charge is 0.397 e. The molecule has 0 amide bonds. The number of allylic oxidation sites excluding steroid dienone is 2. The van der Waals surface area contributed by atoms with Crippen molar-refractivity contribution in [1.82, 2.24) is 0 Å². The summed E-state index contributed by atoms with van der Waals surface area (Å²) in [7, 11) is -9.76. The monoisotopic (exact) mass is 738 g/mol. The molecule has 282 valence electrons. The van der Waals surface area contributed by atoms with Crippen molar-refractivity contribution in [3.8, 4) is 0 Å². The number of rotatable bonds is 11. The third kappa shape index (κ3) is 7.85. The van der Waals surface area contributed by atoms with Gasteiger partial charge in [0.25, 0.3) is 0 Å². The molecule has 4 fully saturated rings. The highest BCUT2D eigenvalue weighted by atomic mass is 32.3. The van der Waals surface area contributed by atoms with Crippen LogP contribution in [0.4, 0.5) is 0 Å². The molecule has 0 unspecified atom stereocenters. The second-order valence-electron chi connectivity index (χ2n) is 16.1. The van der Waals surface area contributed by atoms with E-state index in [0.29, 0.717) is 32.1 Å². The van der Waals surface area contributed by atoms with Gasteiger partial charge >= 0.3 is 20.8 Å². The first-order valence-electron chi connectivity index (χ1n) is 17.5. The molecule has 0 radical (unpaired) electrons. The summed E-state index contributed by atoms with van der Waals surface area (Å²) in [6, 6.07) is 0. The van der Waals surface area contributed by atoms with Gasteiger partial charge < -0.3 is 24.8 Å². The van der Waals surface area contributed by atoms with Gasteiger partial charge in [-0.3, -0.25) is 13.9 Å². The van der Waals surface area contributed by atoms with Gasteiger partial charge in [-0.2, -0.15) is 16.8 Å². The van der Waals surface area contributed by atoms with Crippen LogP contribution >= 0.6 is 0 Å². The number of aliphatic hydroxyl groups is 3. The highest BCUT2D eigenvalue weighted by Gasteiger charge is 2.61. The molecule has 1 aliphatic heterocycles. The molecule has 49 heavy (non-hydrogen) atoms. The number of carbonyl (C=O) groups excluding carboxylic acids is 1. The molecular weight excluding hydrogens is 684 g/mol. The van der Waals surface area contributed by atoms with Gasteiger partial charge in [-0.15, -0.1) is 0 Å². The van der Waals surface area contributed by atoms with Gasteiger partial charge in [0, 0.05) is 6.42 Å². The Bertz CT molecular complexity index is 1480. The first kappa shape index (κ1) is 39.2. The third-order valence-electron chi connectivity index (χ3n) is 12.8. The van der Waals surface area contributed by atoms with E-state index < -0.39 is 81.1 Å². The van der Waals surface area contributed by atoms with E-state index in [1.807, 2.05) is 13.8 Å². The highest BCUT2D eigenvalue weighted by Crippen LogP contribution is 2.67. The third-order valence-corrected chi connectivity index (χ3v) is 13.8. The summed E-state index contributed by atoms with van der Waals surface area (Å²) in [4.78, 5) is 12.8. The maximum atomic E-state index is 12.8. The number of ether oxygens (including phenoxy) is 2. The molecule has 14 nitrogen and oxygen atoms in total. The first-order chi connectivity index (χ1) is 22.6. The molecule has 15 atom stereocenters. The molecule has 5 N–H and O–H groups in total. The zero-order valence-corrected chi connectivity index (χ0v) is 30.7. The van der Waals surface area contributed by atoms with Crippen LogP contribution in [0.2, 0.25) is 0 Å². The van der Waals surface area contributed by atoms with Crippen molar-refractivity contribution in [3.05, 3.63) is 11.6 Å². The minimum absolute atomic E-state index is 0.00221. The topological polar surface area (TPSA) is 223 Å². The SMILES string of the molecule is CC(C)[C@@H](O)C(=O)C[C@@H](C)[C@H]1CC[C@@H]2[C@@H]3C[C@H](OS(=O)(=O)O)[C@@H]4C[C@@H](O[C@H]5O[C@@H](C)[C@H](OS(=O)(=O)O)[C@@H](O)[C@@H]5O)CC[C@]4(C)C3=CC[C@]12C. The van der Waals surface area contributed by atoms with Crippen LogP contribution in [0.15, 0.2) is 11.6 Å². The van der Waals surface area contributed by atoms with Crippen molar-refractivity contribution in [2.45, 2.75) is 142 Å². The Morgan fingerprint density at radius 1 is 0.980 bits per heavy atom. The van der Waals surface area contributed by atoms with E-state index in [0.717, 1.165) is 19.3 Å². The maximum absolute atomic E-state index is 12.8. The lowest BCUT2D eigenvalue weighted by Gasteiger charge is -2.59. The lowest BCUT2D eigenvalue weighted by Crippen LogP contribution is -2.60. The molecule has 1 heterocycles. The van der Waals surface area contributed by atoms with Crippen LogP contribution in [0.1, 0.15) is 92.9 Å². The Morgan fingerprint density at radius 3 is 2.24 bits per heavy atom. The van der Waals surface area contributed by atoms with Gasteiger partial charge in [0.2, 0.25) is 0 Å². The lowest BCUT2D eigenvalue weighted by molar-refractivity contribution is -0.305. The molecule has 0 aromatic carbocycles. The number of ketones is 1. The zero-order valence-electron chi connectivity index (χ0n) is 29.0. The second-order valence-corrected chi connectivity index (χ2v) is 18.2. The van der Waals surface area contributed by atoms with Gasteiger partial charge in [-0.05, 0) is 98.2 Å². The van der Waals surface area contributed by atoms with Gasteiger partial charge in [0.05, 0.1) is 18.3 Å². The number of carbonyl (C=O) groups is 1. The standard InChI is InChI=1S/C33H54O14S2/c1-16(2)27(35)25(34)13-17(3)21-7-8-22-20-15-26(46-48(38,39)40)24-14-19(9-11-33(24,6)23(20)10-12-32(21,22)5)45-31-29(37)28(36)30(18(4)44-31)47-49(41,42)43/h10,16-22,24,26-31,35-37H,7-9,11-15H2,1-6H3,(H,38,39,40)(H,41,42,43)/t17-,18+,19+,20+,21-,22-,24+,26+,27-,28+,29+,30+,31-,32-,33-/m1/s1. The fourth-order valence-corrected chi connectivity index (χ4v) is 11.5. The Hall–Kier alpha value is -1.05. The molecule has 0 aromatic heterocycles. The molecule has 1 saturated heterocycles. The summed E-state index contributed by atoms with van der Waals surface area (Å²) in [5.41, 5.74) is 0.607. The van der Waals surface area contributed by atoms with Crippen LogP contribution in [0.25, 0.3) is 0 Å². The first-order valence-corrected chi connectivity index (χ1v) is 20.2. The van der Waals surface area contributed by atoms with E-state index in [-0.39, 0.29) is 40.8 Å². The van der Waals surface area contributed by atoms with Crippen LogP contribution in [-0.4, -0.2) is 96.1 Å². The van der Waals surface area contributed by atoms with Crippen molar-refractivity contribution in [3.63, 3.8) is 0 Å². The van der Waals surface area contributed by atoms with E-state index in [1.54, 1.807) is 0 Å². The average Bonchev–Trinajstić information content (AvgIpc) is 3.34. The Morgan fingerprint density at radius 2 is 1.63 bits per heavy atom. The minimum Gasteiger partial charge on any atom is -0.387 e. The van der Waals surface area contributed by atoms with Crippen molar-refractivity contribution in [2.75, 3.05) is 0 Å². The quantitative estimate of drug-likeness (QED) is 0.117. The number of fused-ring (bicyclic) bond motifs is 5. The average molecular weight is 739 g/mol. The summed E-state index contributed by atoms with van der Waals surface area (Å²) < 4.78 is 87.6. The van der Waals surface area contributed by atoms with Crippen LogP contribution in [0, 0.1) is 46.3 Å². The fraction of sp³-hybridized carbons (Fsp3) is 0.909. The molecular formula is C33H54O14S2. The Balaban J connectivity index is 1.35. The summed E-state index contributed by atoms with van der Waals surface area (Å²) in [5.74, 6) is -0.200. The molecule has 3 saturated carbocycles. The molecule has 0 bridgehead atoms. The molecule has 0 aromatic rings. The number of Topliss-reactive ketones (excluding diaryl/α,β-unsaturated/α-hetero) is 1. The van der Waals surface area contributed by atoms with Gasteiger partial charge in [-0.1, -0.05) is 46.3 Å². The molecule has 5 rings (SSSR count). The van der Waals surface area contributed by atoms with Crippen molar-refractivity contribution >= 4 is 26.6 Å². The van der Waals surface area contributed by atoms with E-state index in [2.05, 4.69) is 31.0 Å². The van der Waals surface area contributed by atoms with Crippen LogP contribution in [-0.2, 0) is 43.4 Å². The van der Waals surface area contributed by atoms with E-state index >= 15 is 0 Å². The Kier molecular flexibility index (Phi) is 11.2. The summed E-state index contributed by atoms with van der Waals surface area (Å²) in [6.07, 6.45) is -2.96. The van der Waals surface area contributed by atoms with Gasteiger partial charge in [-0.25, -0.2) is 8.37 Å². The fourth-order valence-electron chi connectivity index (χ4n) is 10.4. The number of aliphatic hydroxyl groups excluding tert-OH is 3. The molecule has 0 spiro atoms. The normalized spacial score (nSPS) is 44.0. The van der Waals surface area contributed by atoms with Crippen LogP contribution in [0.3, 0.4) is 0 Å². The van der Waals surface area contributed by atoms with Gasteiger partial charge in [0.1, 0.15) is 24.4 Å². The molecule has 5 aliphatic rings. The summed E-state index contributed by atoms with van der Waals surface area (Å²) >= 11 is 0. The predicted octanol–water partition coefficient (Wildman–Crippen LogP) is 3.02. The van der Waals surface area contributed by atoms with Crippen molar-refractivity contribution in [2.24, 2.45) is 46.3 Å². The van der Waals surface area contributed by atoms with E-state index in [9.17, 15) is 41.5 Å². The lowest BCUT2D eigenvalue weighted by atomic mass is 9.47. The number of hydrogen-bond acceptors (Lipinski definition) is 12. The van der Waals surface area contributed by atoms with E-state index in [1.165, 1.54) is 12.5 Å². The predicted molar refractivity (Wildman–Crippen MR) is 174 cm³/mol. The Labute approximate surface area is 289 Å². The van der Waals surface area contributed by atoms with Gasteiger partial charge in [0.15, 0.2) is 12.1 Å². The molecule has 4 aliphatic carbocycles. The van der Waals surface area contributed by atoms with Crippen molar-refractivity contribution in [1.29, 1.82) is 0 Å². The summed E-state index contributed by atoms with van der Waals surface area (Å²) in [6.45, 7) is 11.5. The minimum atomic E-state index is -4.94. The zero-order chi connectivity index (χ0) is 36.4. The maximum Gasteiger partial charge on any atom is 0.397 e. The highest BCUT2D eigenvalue weighted by molar-refractivity contribution is 7.81. The van der Waals surface area contributed by atoms with E-state index in [4.69, 9.17) is 18.2 Å². The van der Waals surface area contributed by atoms with Crippen LogP contribution < -0.4 is 0 Å². The summed E-state index contributed by atoms with van der Waals surface area (Å²) in [5, 5.41) is 31.7. The molecule has 16 heteroatoms.